The fraction of sp³-hybridized carbons (Fsp3) is 0.529. The number of nitrogens with one attached hydrogen (secondary N) is 2. The van der Waals surface area contributed by atoms with Crippen molar-refractivity contribution >= 4 is 41.7 Å². The summed E-state index contributed by atoms with van der Waals surface area (Å²) in [6.07, 6.45) is 2.25. The summed E-state index contributed by atoms with van der Waals surface area (Å²) in [6.45, 7) is 4.44. The van der Waals surface area contributed by atoms with E-state index in [9.17, 15) is 9.59 Å². The van der Waals surface area contributed by atoms with Gasteiger partial charge in [-0.2, -0.15) is 0 Å². The van der Waals surface area contributed by atoms with E-state index < -0.39 is 0 Å². The largest absolute Gasteiger partial charge is 0.349 e. The Balaban J connectivity index is 0.00000288. The maximum atomic E-state index is 12.0. The maximum Gasteiger partial charge on any atom is 0.234 e. The smallest absolute Gasteiger partial charge is 0.234 e. The summed E-state index contributed by atoms with van der Waals surface area (Å²) in [5.41, 5.74) is 7.40. The number of carbonyl (C=O) groups is 2. The Kier molecular flexibility index (Phi) is 8.06. The lowest BCUT2D eigenvalue weighted by Gasteiger charge is -2.29. The van der Waals surface area contributed by atoms with E-state index in [0.29, 0.717) is 12.5 Å². The zero-order chi connectivity index (χ0) is 16.9. The molecule has 1 atom stereocenters. The molecule has 5 nitrogen and oxygen atoms in total. The molecule has 1 fully saturated rings. The summed E-state index contributed by atoms with van der Waals surface area (Å²) < 4.78 is 0. The van der Waals surface area contributed by atoms with Crippen LogP contribution in [0.5, 0.6) is 0 Å². The van der Waals surface area contributed by atoms with Gasteiger partial charge in [-0.05, 0) is 44.7 Å². The average Bonchev–Trinajstić information content (AvgIpc) is 3.34. The van der Waals surface area contributed by atoms with Gasteiger partial charge in [0.2, 0.25) is 11.8 Å². The topological polar surface area (TPSA) is 84.2 Å². The van der Waals surface area contributed by atoms with Gasteiger partial charge in [-0.3, -0.25) is 9.59 Å². The zero-order valence-corrected chi connectivity index (χ0v) is 15.8. The number of anilines is 1. The molecule has 1 aromatic rings. The van der Waals surface area contributed by atoms with Gasteiger partial charge in [0, 0.05) is 12.2 Å². The third-order valence-corrected chi connectivity index (χ3v) is 5.06. The highest BCUT2D eigenvalue weighted by Gasteiger charge is 2.41. The number of aryl methyl sites for hydroxylation is 1. The number of halogens is 1. The molecule has 2 amide bonds. The van der Waals surface area contributed by atoms with Crippen molar-refractivity contribution in [1.29, 1.82) is 0 Å². The van der Waals surface area contributed by atoms with Crippen LogP contribution >= 0.6 is 24.2 Å². The van der Waals surface area contributed by atoms with Gasteiger partial charge in [-0.15, -0.1) is 24.2 Å². The molecule has 7 heteroatoms. The molecular weight excluding hydrogens is 346 g/mol. The average molecular weight is 372 g/mol. The first-order chi connectivity index (χ1) is 10.9. The number of rotatable bonds is 8. The van der Waals surface area contributed by atoms with Crippen molar-refractivity contribution in [3.05, 3.63) is 29.8 Å². The van der Waals surface area contributed by atoms with E-state index >= 15 is 0 Å². The molecule has 2 rings (SSSR count). The second-order valence-corrected chi connectivity index (χ2v) is 7.34. The van der Waals surface area contributed by atoms with Crippen LogP contribution in [0.15, 0.2) is 24.3 Å². The van der Waals surface area contributed by atoms with Crippen LogP contribution in [0, 0.1) is 12.8 Å². The number of hydrogen-bond acceptors (Lipinski definition) is 4. The highest BCUT2D eigenvalue weighted by molar-refractivity contribution is 8.00. The van der Waals surface area contributed by atoms with Crippen molar-refractivity contribution in [1.82, 2.24) is 5.32 Å². The van der Waals surface area contributed by atoms with Crippen molar-refractivity contribution in [2.75, 3.05) is 23.4 Å². The van der Waals surface area contributed by atoms with Crippen LogP contribution in [0.4, 0.5) is 5.69 Å². The van der Waals surface area contributed by atoms with Gasteiger partial charge < -0.3 is 16.4 Å². The van der Waals surface area contributed by atoms with Crippen LogP contribution < -0.4 is 16.4 Å². The summed E-state index contributed by atoms with van der Waals surface area (Å²) >= 11 is 1.31. The van der Waals surface area contributed by atoms with Crippen LogP contribution in [-0.2, 0) is 9.59 Å². The van der Waals surface area contributed by atoms with E-state index in [1.807, 2.05) is 38.1 Å². The predicted molar refractivity (Wildman–Crippen MR) is 103 cm³/mol. The summed E-state index contributed by atoms with van der Waals surface area (Å²) in [4.78, 5) is 23.9. The zero-order valence-electron chi connectivity index (χ0n) is 14.1. The van der Waals surface area contributed by atoms with Crippen LogP contribution in [0.2, 0.25) is 0 Å². The lowest BCUT2D eigenvalue weighted by Crippen LogP contribution is -2.53. The Hall–Kier alpha value is -1.24. The van der Waals surface area contributed by atoms with Crippen LogP contribution in [0.3, 0.4) is 0 Å². The van der Waals surface area contributed by atoms with Gasteiger partial charge in [-0.25, -0.2) is 0 Å². The van der Waals surface area contributed by atoms with Gasteiger partial charge in [0.25, 0.3) is 0 Å². The van der Waals surface area contributed by atoms with Crippen LogP contribution in [-0.4, -0.2) is 35.4 Å². The maximum absolute atomic E-state index is 12.0. The molecule has 0 radical (unpaired) electrons. The lowest BCUT2D eigenvalue weighted by molar-refractivity contribution is -0.120. The monoisotopic (exact) mass is 371 g/mol. The summed E-state index contributed by atoms with van der Waals surface area (Å²) in [5.74, 6) is 0.855. The molecule has 1 saturated carbocycles. The number of benzene rings is 1. The number of thioether (sulfide) groups is 1. The van der Waals surface area contributed by atoms with Crippen LogP contribution in [0.1, 0.15) is 25.3 Å². The molecule has 24 heavy (non-hydrogen) atoms. The van der Waals surface area contributed by atoms with Gasteiger partial charge in [0.05, 0.1) is 17.0 Å². The highest BCUT2D eigenvalue weighted by Crippen LogP contribution is 2.38. The Morgan fingerprint density at radius 3 is 2.33 bits per heavy atom. The van der Waals surface area contributed by atoms with E-state index in [4.69, 9.17) is 5.73 Å². The predicted octanol–water partition coefficient (Wildman–Crippen LogP) is 2.33. The van der Waals surface area contributed by atoms with E-state index in [2.05, 4.69) is 10.6 Å². The number of carbonyl (C=O) groups excluding carboxylic acids is 2. The minimum absolute atomic E-state index is 0. The first-order valence-corrected chi connectivity index (χ1v) is 9.04. The minimum Gasteiger partial charge on any atom is -0.349 e. The van der Waals surface area contributed by atoms with Gasteiger partial charge >= 0.3 is 0 Å². The normalized spacial score (nSPS) is 15.8. The van der Waals surface area contributed by atoms with Gasteiger partial charge in [0.15, 0.2) is 0 Å². The molecule has 0 heterocycles. The van der Waals surface area contributed by atoms with Gasteiger partial charge in [0.1, 0.15) is 0 Å². The molecule has 4 N–H and O–H groups in total. The van der Waals surface area contributed by atoms with Gasteiger partial charge in [-0.1, -0.05) is 17.7 Å². The second-order valence-electron chi connectivity index (χ2n) is 6.35. The Morgan fingerprint density at radius 1 is 1.21 bits per heavy atom. The van der Waals surface area contributed by atoms with Crippen molar-refractivity contribution < 1.29 is 9.59 Å². The first kappa shape index (κ1) is 20.8. The molecule has 0 spiro atoms. The number of hydrogen-bond donors (Lipinski definition) is 3. The SMILES string of the molecule is Cc1ccc(NC(=O)CSCC(=O)NC(C)(CN)C2CC2)cc1.Cl. The third kappa shape index (κ3) is 6.34. The van der Waals surface area contributed by atoms with Crippen molar-refractivity contribution in [2.24, 2.45) is 11.7 Å². The second kappa shape index (κ2) is 9.30. The van der Waals surface area contributed by atoms with Crippen molar-refractivity contribution in [3.8, 4) is 0 Å². The Bertz CT molecular complexity index is 563. The standard InChI is InChI=1S/C17H25N3O2S.ClH/c1-12-3-7-14(8-4-12)19-15(21)9-23-10-16(22)20-17(2,11-18)13-5-6-13;/h3-4,7-8,13H,5-6,9-11,18H2,1-2H3,(H,19,21)(H,20,22);1H. The molecule has 134 valence electrons. The van der Waals surface area contributed by atoms with Crippen LogP contribution in [0.25, 0.3) is 0 Å². The number of amides is 2. The third-order valence-electron chi connectivity index (χ3n) is 4.13. The Labute approximate surface area is 153 Å². The molecule has 1 aliphatic rings. The number of nitrogens with two attached hydrogens (primary N) is 1. The molecule has 1 unspecified atom stereocenters. The fourth-order valence-electron chi connectivity index (χ4n) is 2.47. The molecule has 0 saturated heterocycles. The molecule has 0 bridgehead atoms. The first-order valence-electron chi connectivity index (χ1n) is 7.88. The van der Waals surface area contributed by atoms with Crippen molar-refractivity contribution in [3.63, 3.8) is 0 Å². The van der Waals surface area contributed by atoms with E-state index in [-0.39, 0.29) is 41.3 Å². The summed E-state index contributed by atoms with van der Waals surface area (Å²) in [7, 11) is 0. The summed E-state index contributed by atoms with van der Waals surface area (Å²) in [5, 5.41) is 5.84. The minimum atomic E-state index is -0.304. The molecule has 1 aromatic carbocycles. The molecule has 0 aromatic heterocycles. The van der Waals surface area contributed by atoms with E-state index in [1.54, 1.807) is 0 Å². The van der Waals surface area contributed by atoms with Crippen molar-refractivity contribution in [2.45, 2.75) is 32.2 Å². The highest BCUT2D eigenvalue weighted by atomic mass is 35.5. The fourth-order valence-corrected chi connectivity index (χ4v) is 3.08. The molecule has 1 aliphatic carbocycles. The van der Waals surface area contributed by atoms with E-state index in [1.165, 1.54) is 11.8 Å². The lowest BCUT2D eigenvalue weighted by atomic mass is 9.96. The molecule has 0 aliphatic heterocycles. The van der Waals surface area contributed by atoms with E-state index in [0.717, 1.165) is 24.1 Å². The summed E-state index contributed by atoms with van der Waals surface area (Å²) in [6, 6.07) is 7.63. The quantitative estimate of drug-likeness (QED) is 0.654. The molecular formula is C17H26ClN3O2S. The Morgan fingerprint density at radius 2 is 1.79 bits per heavy atom.